The monoisotopic (exact) mass is 229 g/mol. The lowest BCUT2D eigenvalue weighted by Crippen LogP contribution is -2.00. The third kappa shape index (κ3) is 2.59. The fourth-order valence-electron chi connectivity index (χ4n) is 2.05. The largest absolute Gasteiger partial charge is 0.478 e. The van der Waals surface area contributed by atoms with E-state index in [0.29, 0.717) is 11.3 Å². The topological polar surface area (TPSA) is 63.3 Å². The number of fused-ring (bicyclic) bond motifs is 1. The SMILES string of the molecule is C#Cc1cc(N)ccc1C(=O)O.C1CC2CC12. The summed E-state index contributed by atoms with van der Waals surface area (Å²) in [6.07, 6.45) is 9.79. The summed E-state index contributed by atoms with van der Waals surface area (Å²) in [5.74, 6) is 3.68. The highest BCUT2D eigenvalue weighted by atomic mass is 16.4. The number of benzene rings is 1. The van der Waals surface area contributed by atoms with Crippen molar-refractivity contribution in [2.75, 3.05) is 5.73 Å². The zero-order chi connectivity index (χ0) is 12.4. The Morgan fingerprint density at radius 1 is 1.41 bits per heavy atom. The molecule has 2 saturated carbocycles. The molecule has 88 valence electrons. The van der Waals surface area contributed by atoms with E-state index < -0.39 is 5.97 Å². The summed E-state index contributed by atoms with van der Waals surface area (Å²) < 4.78 is 0. The molecule has 1 aromatic carbocycles. The average Bonchev–Trinajstić information content (AvgIpc) is 2.85. The fourth-order valence-corrected chi connectivity index (χ4v) is 2.05. The van der Waals surface area contributed by atoms with Gasteiger partial charge < -0.3 is 10.8 Å². The van der Waals surface area contributed by atoms with Gasteiger partial charge >= 0.3 is 5.97 Å². The molecule has 2 atom stereocenters. The standard InChI is InChI=1S/C9H7NO2.C5H8/c1-2-6-5-7(10)3-4-8(6)9(11)12;1-2-5-3-4(1)5/h1,3-5H,10H2,(H,11,12);4-5H,1-3H2. The maximum atomic E-state index is 10.6. The molecule has 0 aromatic heterocycles. The highest BCUT2D eigenvalue weighted by Gasteiger charge is 2.44. The Balaban J connectivity index is 0.000000174. The second kappa shape index (κ2) is 4.50. The van der Waals surface area contributed by atoms with Gasteiger partial charge in [-0.15, -0.1) is 6.42 Å². The van der Waals surface area contributed by atoms with E-state index >= 15 is 0 Å². The van der Waals surface area contributed by atoms with E-state index in [0.717, 1.165) is 0 Å². The predicted octanol–water partition coefficient (Wildman–Crippen LogP) is 2.36. The molecule has 0 saturated heterocycles. The van der Waals surface area contributed by atoms with Gasteiger partial charge in [-0.05, 0) is 49.3 Å². The number of anilines is 1. The smallest absolute Gasteiger partial charge is 0.336 e. The molecule has 2 fully saturated rings. The third-order valence-electron chi connectivity index (χ3n) is 3.41. The van der Waals surface area contributed by atoms with Crippen molar-refractivity contribution >= 4 is 11.7 Å². The van der Waals surface area contributed by atoms with Gasteiger partial charge in [-0.1, -0.05) is 5.92 Å². The van der Waals surface area contributed by atoms with Crippen LogP contribution in [0.1, 0.15) is 35.2 Å². The van der Waals surface area contributed by atoms with Crippen molar-refractivity contribution in [1.29, 1.82) is 0 Å². The fraction of sp³-hybridized carbons (Fsp3) is 0.357. The number of terminal acetylenes is 1. The molecule has 0 bridgehead atoms. The van der Waals surface area contributed by atoms with Crippen molar-refractivity contribution in [3.63, 3.8) is 0 Å². The van der Waals surface area contributed by atoms with Crippen LogP contribution in [0.4, 0.5) is 5.69 Å². The van der Waals surface area contributed by atoms with Gasteiger partial charge in [-0.25, -0.2) is 4.79 Å². The van der Waals surface area contributed by atoms with Crippen LogP contribution in [0.5, 0.6) is 0 Å². The molecule has 0 radical (unpaired) electrons. The molecular formula is C14H15NO2. The molecule has 2 aliphatic rings. The van der Waals surface area contributed by atoms with Crippen LogP contribution in [0, 0.1) is 24.2 Å². The number of aromatic carboxylic acids is 1. The van der Waals surface area contributed by atoms with Crippen molar-refractivity contribution < 1.29 is 9.90 Å². The van der Waals surface area contributed by atoms with Gasteiger partial charge in [0.2, 0.25) is 0 Å². The number of nitrogen functional groups attached to an aromatic ring is 1. The van der Waals surface area contributed by atoms with E-state index in [1.807, 2.05) is 0 Å². The Morgan fingerprint density at radius 2 is 2.06 bits per heavy atom. The van der Waals surface area contributed by atoms with Crippen LogP contribution in [-0.2, 0) is 0 Å². The molecule has 2 unspecified atom stereocenters. The summed E-state index contributed by atoms with van der Waals surface area (Å²) >= 11 is 0. The van der Waals surface area contributed by atoms with Gasteiger partial charge in [0.25, 0.3) is 0 Å². The van der Waals surface area contributed by atoms with Crippen molar-refractivity contribution in [2.45, 2.75) is 19.3 Å². The molecule has 3 nitrogen and oxygen atoms in total. The van der Waals surface area contributed by atoms with Crippen LogP contribution in [0.15, 0.2) is 18.2 Å². The van der Waals surface area contributed by atoms with Gasteiger partial charge in [-0.2, -0.15) is 0 Å². The van der Waals surface area contributed by atoms with Crippen LogP contribution in [0.2, 0.25) is 0 Å². The third-order valence-corrected chi connectivity index (χ3v) is 3.41. The van der Waals surface area contributed by atoms with Crippen molar-refractivity contribution in [3.8, 4) is 12.3 Å². The van der Waals surface area contributed by atoms with Crippen molar-refractivity contribution in [2.24, 2.45) is 11.8 Å². The summed E-state index contributed by atoms with van der Waals surface area (Å²) in [6.45, 7) is 0. The van der Waals surface area contributed by atoms with Gasteiger partial charge in [0.05, 0.1) is 5.56 Å². The number of hydrogen-bond donors (Lipinski definition) is 2. The predicted molar refractivity (Wildman–Crippen MR) is 66.6 cm³/mol. The van der Waals surface area contributed by atoms with Gasteiger partial charge in [0.1, 0.15) is 0 Å². The molecule has 1 aromatic rings. The van der Waals surface area contributed by atoms with E-state index in [9.17, 15) is 4.79 Å². The lowest BCUT2D eigenvalue weighted by atomic mass is 10.0. The molecule has 0 amide bonds. The number of carboxylic acids is 1. The minimum atomic E-state index is -1.04. The van der Waals surface area contributed by atoms with Crippen LogP contribution in [-0.4, -0.2) is 11.1 Å². The molecule has 3 rings (SSSR count). The molecule has 3 heteroatoms. The van der Waals surface area contributed by atoms with Crippen molar-refractivity contribution in [1.82, 2.24) is 0 Å². The zero-order valence-corrected chi connectivity index (χ0v) is 9.52. The molecule has 17 heavy (non-hydrogen) atoms. The summed E-state index contributed by atoms with van der Waals surface area (Å²) in [4.78, 5) is 10.6. The lowest BCUT2D eigenvalue weighted by molar-refractivity contribution is 0.0696. The minimum Gasteiger partial charge on any atom is -0.478 e. The van der Waals surface area contributed by atoms with Gasteiger partial charge in [0.15, 0.2) is 0 Å². The zero-order valence-electron chi connectivity index (χ0n) is 9.52. The first kappa shape index (κ1) is 11.5. The second-order valence-corrected chi connectivity index (χ2v) is 4.59. The first-order valence-electron chi connectivity index (χ1n) is 5.71. The molecule has 0 heterocycles. The Morgan fingerprint density at radius 3 is 2.41 bits per heavy atom. The van der Waals surface area contributed by atoms with E-state index in [1.54, 1.807) is 19.3 Å². The highest BCUT2D eigenvalue weighted by Crippen LogP contribution is 2.55. The highest BCUT2D eigenvalue weighted by molar-refractivity contribution is 5.91. The van der Waals surface area contributed by atoms with E-state index in [1.165, 1.54) is 30.0 Å². The van der Waals surface area contributed by atoms with Gasteiger partial charge in [0, 0.05) is 11.3 Å². The summed E-state index contributed by atoms with van der Waals surface area (Å²) in [5.41, 5.74) is 6.29. The number of rotatable bonds is 1. The first-order valence-corrected chi connectivity index (χ1v) is 5.71. The van der Waals surface area contributed by atoms with Crippen LogP contribution in [0.3, 0.4) is 0 Å². The average molecular weight is 229 g/mol. The lowest BCUT2D eigenvalue weighted by Gasteiger charge is -2.04. The number of carbonyl (C=O) groups is 1. The van der Waals surface area contributed by atoms with E-state index in [-0.39, 0.29) is 5.56 Å². The van der Waals surface area contributed by atoms with Gasteiger partial charge in [-0.3, -0.25) is 0 Å². The molecule has 0 aliphatic heterocycles. The maximum Gasteiger partial charge on any atom is 0.336 e. The Kier molecular flexibility index (Phi) is 3.06. The molecule has 0 spiro atoms. The maximum absolute atomic E-state index is 10.6. The second-order valence-electron chi connectivity index (χ2n) is 4.59. The molecular weight excluding hydrogens is 214 g/mol. The number of hydrogen-bond acceptors (Lipinski definition) is 2. The summed E-state index contributed by atoms with van der Waals surface area (Å²) in [7, 11) is 0. The molecule has 2 aliphatic carbocycles. The first-order chi connectivity index (χ1) is 8.11. The van der Waals surface area contributed by atoms with E-state index in [2.05, 4.69) is 5.92 Å². The molecule has 3 N–H and O–H groups in total. The Bertz CT molecular complexity index is 475. The van der Waals surface area contributed by atoms with Crippen LogP contribution >= 0.6 is 0 Å². The van der Waals surface area contributed by atoms with Crippen LogP contribution in [0.25, 0.3) is 0 Å². The van der Waals surface area contributed by atoms with Crippen LogP contribution < -0.4 is 5.73 Å². The quantitative estimate of drug-likeness (QED) is 0.574. The van der Waals surface area contributed by atoms with Crippen molar-refractivity contribution in [3.05, 3.63) is 29.3 Å². The minimum absolute atomic E-state index is 0.103. The normalized spacial score (nSPS) is 23.2. The Labute approximate surface area is 101 Å². The Hall–Kier alpha value is -1.95. The number of nitrogens with two attached hydrogens (primary N) is 1. The number of carboxylic acid groups (broad SMARTS) is 1. The summed E-state index contributed by atoms with van der Waals surface area (Å²) in [6, 6.07) is 4.36. The summed E-state index contributed by atoms with van der Waals surface area (Å²) in [5, 5.41) is 8.65. The van der Waals surface area contributed by atoms with E-state index in [4.69, 9.17) is 17.3 Å².